The maximum absolute atomic E-state index is 2.64. The van der Waals surface area contributed by atoms with Crippen LogP contribution < -0.4 is 9.80 Å². The number of rotatable bonds is 12. The summed E-state index contributed by atoms with van der Waals surface area (Å²) in [5, 5.41) is 8.00. The molecule has 2 aliphatic carbocycles. The van der Waals surface area contributed by atoms with Crippen LogP contribution >= 0.6 is 0 Å². The molecule has 0 bridgehead atoms. The first-order valence-corrected chi connectivity index (χ1v) is 28.1. The van der Waals surface area contributed by atoms with E-state index in [9.17, 15) is 0 Å². The van der Waals surface area contributed by atoms with Gasteiger partial charge in [-0.2, -0.15) is 0 Å². The lowest BCUT2D eigenvalue weighted by Crippen LogP contribution is -2.15. The summed E-state index contributed by atoms with van der Waals surface area (Å²) in [5.74, 6) is 1.76. The van der Waals surface area contributed by atoms with Crippen molar-refractivity contribution in [2.45, 2.75) is 129 Å². The Labute approximate surface area is 441 Å². The molecule has 2 heteroatoms. The second kappa shape index (κ2) is 20.3. The van der Waals surface area contributed by atoms with Crippen molar-refractivity contribution >= 4 is 66.4 Å². The Bertz CT molecular complexity index is 3370. The van der Waals surface area contributed by atoms with Gasteiger partial charge in [0.1, 0.15) is 0 Å². The van der Waals surface area contributed by atoms with Crippen LogP contribution in [0.3, 0.4) is 0 Å². The van der Waals surface area contributed by atoms with E-state index >= 15 is 0 Å². The van der Waals surface area contributed by atoms with Crippen molar-refractivity contribution in [2.24, 2.45) is 0 Å². The minimum atomic E-state index is 0.289. The van der Waals surface area contributed by atoms with Crippen molar-refractivity contribution in [3.63, 3.8) is 0 Å². The molecule has 0 heterocycles. The van der Waals surface area contributed by atoms with Gasteiger partial charge in [-0.3, -0.25) is 0 Å². The molecule has 10 aromatic carbocycles. The fourth-order valence-electron chi connectivity index (χ4n) is 13.2. The highest BCUT2D eigenvalue weighted by Crippen LogP contribution is 2.53. The number of aryl methyl sites for hydroxylation is 2. The van der Waals surface area contributed by atoms with Gasteiger partial charge in [-0.1, -0.05) is 200 Å². The molecule has 0 aromatic heterocycles. The molecule has 0 spiro atoms. The van der Waals surface area contributed by atoms with Gasteiger partial charge < -0.3 is 9.80 Å². The Kier molecular flexibility index (Phi) is 13.1. The van der Waals surface area contributed by atoms with Crippen molar-refractivity contribution in [2.75, 3.05) is 9.80 Å². The van der Waals surface area contributed by atoms with Crippen molar-refractivity contribution in [1.82, 2.24) is 0 Å². The van der Waals surface area contributed by atoms with Crippen LogP contribution in [-0.4, -0.2) is 0 Å². The fraction of sp³-hybridized carbons (Fsp3) is 0.278. The predicted molar refractivity (Wildman–Crippen MR) is 320 cm³/mol. The molecule has 74 heavy (non-hydrogen) atoms. The summed E-state index contributed by atoms with van der Waals surface area (Å²) in [6.07, 6.45) is 13.0. The first-order chi connectivity index (χ1) is 36.2. The van der Waals surface area contributed by atoms with E-state index in [1.807, 2.05) is 0 Å². The second-order valence-corrected chi connectivity index (χ2v) is 22.6. The quantitative estimate of drug-likeness (QED) is 0.113. The molecule has 2 aliphatic rings. The number of benzene rings is 10. The van der Waals surface area contributed by atoms with Crippen LogP contribution in [0, 0.1) is 13.8 Å². The Morgan fingerprint density at radius 1 is 0.338 bits per heavy atom. The second-order valence-electron chi connectivity index (χ2n) is 22.6. The first kappa shape index (κ1) is 47.8. The van der Waals surface area contributed by atoms with E-state index in [1.165, 1.54) is 186 Å². The lowest BCUT2D eigenvalue weighted by Gasteiger charge is -2.33. The van der Waals surface area contributed by atoms with Crippen LogP contribution in [0.5, 0.6) is 0 Å². The summed E-state index contributed by atoms with van der Waals surface area (Å²) < 4.78 is 0. The van der Waals surface area contributed by atoms with Crippen LogP contribution in [0.1, 0.15) is 149 Å². The molecule has 0 atom stereocenters. The van der Waals surface area contributed by atoms with E-state index in [2.05, 4.69) is 233 Å². The van der Waals surface area contributed by atoms with Gasteiger partial charge in [-0.15, -0.1) is 0 Å². The van der Waals surface area contributed by atoms with Gasteiger partial charge in [0.15, 0.2) is 0 Å². The van der Waals surface area contributed by atoms with Crippen LogP contribution in [0.4, 0.5) is 34.1 Å². The van der Waals surface area contributed by atoms with E-state index < -0.39 is 0 Å². The van der Waals surface area contributed by atoms with Crippen LogP contribution in [0.25, 0.3) is 54.6 Å². The molecule has 2 fully saturated rings. The van der Waals surface area contributed by atoms with Crippen LogP contribution in [0.2, 0.25) is 0 Å². The van der Waals surface area contributed by atoms with Gasteiger partial charge >= 0.3 is 0 Å². The number of anilines is 6. The minimum absolute atomic E-state index is 0.289. The van der Waals surface area contributed by atoms with Gasteiger partial charge in [-0.05, 0) is 189 Å². The first-order valence-electron chi connectivity index (χ1n) is 28.1. The minimum Gasteiger partial charge on any atom is -0.310 e. The summed E-state index contributed by atoms with van der Waals surface area (Å²) in [4.78, 5) is 5.27. The zero-order chi connectivity index (χ0) is 50.5. The van der Waals surface area contributed by atoms with Gasteiger partial charge in [0.2, 0.25) is 0 Å². The molecule has 2 nitrogen and oxygen atoms in total. The van der Waals surface area contributed by atoms with E-state index in [1.54, 1.807) is 0 Å². The Morgan fingerprint density at radius 2 is 0.730 bits per heavy atom. The fourth-order valence-corrected chi connectivity index (χ4v) is 13.2. The maximum atomic E-state index is 2.64. The van der Waals surface area contributed by atoms with E-state index in [-0.39, 0.29) is 11.8 Å². The molecule has 12 rings (SSSR count). The lowest BCUT2D eigenvalue weighted by molar-refractivity contribution is 0.443. The summed E-state index contributed by atoms with van der Waals surface area (Å²) in [5.41, 5.74) is 20.5. The van der Waals surface area contributed by atoms with Crippen LogP contribution in [0.15, 0.2) is 182 Å². The third kappa shape index (κ3) is 8.85. The summed E-state index contributed by atoms with van der Waals surface area (Å²) in [7, 11) is 0. The molecular formula is C72H72N2. The molecule has 0 amide bonds. The van der Waals surface area contributed by atoms with Crippen molar-refractivity contribution in [3.8, 4) is 22.3 Å². The lowest BCUT2D eigenvalue weighted by atomic mass is 9.83. The van der Waals surface area contributed by atoms with Gasteiger partial charge in [-0.25, -0.2) is 0 Å². The normalized spacial score (nSPS) is 14.8. The van der Waals surface area contributed by atoms with Gasteiger partial charge in [0, 0.05) is 33.5 Å². The molecule has 10 aromatic rings. The topological polar surface area (TPSA) is 6.48 Å². The highest BCUT2D eigenvalue weighted by Gasteiger charge is 2.29. The number of nitrogens with zero attached hydrogens (tertiary/aromatic N) is 2. The largest absolute Gasteiger partial charge is 0.310 e. The van der Waals surface area contributed by atoms with Gasteiger partial charge in [0.05, 0.1) is 11.4 Å². The molecule has 0 saturated heterocycles. The van der Waals surface area contributed by atoms with Crippen molar-refractivity contribution in [3.05, 3.63) is 215 Å². The molecule has 0 N–H and O–H groups in total. The summed E-state index contributed by atoms with van der Waals surface area (Å²) >= 11 is 0. The van der Waals surface area contributed by atoms with E-state index in [0.29, 0.717) is 11.8 Å². The highest BCUT2D eigenvalue weighted by molar-refractivity contribution is 6.29. The van der Waals surface area contributed by atoms with E-state index in [0.717, 1.165) is 0 Å². The van der Waals surface area contributed by atoms with E-state index in [4.69, 9.17) is 0 Å². The van der Waals surface area contributed by atoms with Gasteiger partial charge in [0.25, 0.3) is 0 Å². The zero-order valence-electron chi connectivity index (χ0n) is 44.6. The van der Waals surface area contributed by atoms with Crippen molar-refractivity contribution < 1.29 is 0 Å². The molecule has 0 aliphatic heterocycles. The molecule has 0 unspecified atom stereocenters. The Balaban J connectivity index is 1.16. The Morgan fingerprint density at radius 3 is 1.12 bits per heavy atom. The molecular weight excluding hydrogens is 893 g/mol. The third-order valence-corrected chi connectivity index (χ3v) is 17.2. The number of hydrogen-bond acceptors (Lipinski definition) is 2. The highest BCUT2D eigenvalue weighted by atomic mass is 15.2. The standard InChI is InChI=1S/C72H72N2/c1-47(2)65-45-69(73(59-31-19-29-55(41-59)51-21-11-7-12-22-51)67-43-57(35-33-49(67)5)53-25-15-9-16-26-53)63-40-38-62-66(48(3)4)46-70(64-39-37-61(65)71(63)72(62)64)74(60-32-20-30-56(42-60)52-23-13-8-14-24-52)68-44-58(36-34-50(68)6)54-27-17-10-18-28-54/h9-10,15-20,25-48,51-52H,7-8,11-14,21-24H2,1-6H3. The molecule has 2 saturated carbocycles. The average Bonchev–Trinajstić information content (AvgIpc) is 3.46. The van der Waals surface area contributed by atoms with Crippen molar-refractivity contribution in [1.29, 1.82) is 0 Å². The predicted octanol–water partition coefficient (Wildman–Crippen LogP) is 21.8. The monoisotopic (exact) mass is 965 g/mol. The zero-order valence-corrected chi connectivity index (χ0v) is 44.6. The van der Waals surface area contributed by atoms with Crippen LogP contribution in [-0.2, 0) is 0 Å². The Hall–Kier alpha value is -7.16. The number of hydrogen-bond donors (Lipinski definition) is 0. The smallest absolute Gasteiger partial charge is 0.0543 e. The third-order valence-electron chi connectivity index (χ3n) is 17.2. The maximum Gasteiger partial charge on any atom is 0.0543 e. The summed E-state index contributed by atoms with van der Waals surface area (Å²) in [6.45, 7) is 14.2. The molecule has 0 radical (unpaired) electrons. The average molecular weight is 965 g/mol. The summed E-state index contributed by atoms with van der Waals surface area (Å²) in [6, 6.07) is 70.3. The SMILES string of the molecule is Cc1ccc(-c2ccccc2)cc1N(c1cccc(C2CCCCC2)c1)c1cc(C(C)C)c2ccc3c(N(c4cccc(C5CCCCC5)c4)c4cc(-c5ccccc5)ccc4C)cc(C(C)C)c4ccc1c2c43. The molecule has 370 valence electrons.